The van der Waals surface area contributed by atoms with Crippen LogP contribution in [0, 0.1) is 5.92 Å². The minimum absolute atomic E-state index is 0.200. The normalized spacial score (nSPS) is 21.4. The number of anilines is 2. The van der Waals surface area contributed by atoms with E-state index in [1.807, 2.05) is 0 Å². The lowest BCUT2D eigenvalue weighted by atomic mass is 9.85. The predicted molar refractivity (Wildman–Crippen MR) is 107 cm³/mol. The van der Waals surface area contributed by atoms with Gasteiger partial charge in [0.05, 0.1) is 26.8 Å². The van der Waals surface area contributed by atoms with Crippen molar-refractivity contribution in [2.45, 2.75) is 57.6 Å². The third-order valence-corrected chi connectivity index (χ3v) is 7.18. The van der Waals surface area contributed by atoms with E-state index in [1.54, 1.807) is 33.0 Å². The summed E-state index contributed by atoms with van der Waals surface area (Å²) in [5, 5.41) is 3.22. The first-order chi connectivity index (χ1) is 11.5. The van der Waals surface area contributed by atoms with Gasteiger partial charge >= 0.3 is 0 Å². The number of nitrogens with two attached hydrogens (primary N) is 1. The van der Waals surface area contributed by atoms with E-state index in [1.165, 1.54) is 0 Å². The molecule has 2 heterocycles. The van der Waals surface area contributed by atoms with Gasteiger partial charge in [0.2, 0.25) is 10.0 Å². The summed E-state index contributed by atoms with van der Waals surface area (Å²) in [7, 11) is -3.30. The van der Waals surface area contributed by atoms with Crippen LogP contribution < -0.4 is 15.8 Å². The fourth-order valence-electron chi connectivity index (χ4n) is 2.94. The molecule has 0 bridgehead atoms. The Hall–Kier alpha value is -1.25. The first-order valence-corrected chi connectivity index (χ1v) is 10.5. The molecule has 4 N–H and O–H groups in total. The van der Waals surface area contributed by atoms with Gasteiger partial charge in [-0.25, -0.2) is 13.1 Å². The first-order valence-electron chi connectivity index (χ1n) is 8.56. The maximum absolute atomic E-state index is 12.1. The van der Waals surface area contributed by atoms with E-state index in [2.05, 4.69) is 21.9 Å². The second kappa shape index (κ2) is 7.55. The quantitative estimate of drug-likeness (QED) is 0.533. The number of aromatic nitrogens is 1. The highest BCUT2D eigenvalue weighted by Crippen LogP contribution is 2.38. The topological polar surface area (TPSA) is 97.1 Å². The molecule has 1 aromatic rings. The molecule has 0 aliphatic carbocycles. The summed E-state index contributed by atoms with van der Waals surface area (Å²) in [4.78, 5) is 5.25. The smallest absolute Gasteiger partial charge is 0.216 e. The summed E-state index contributed by atoms with van der Waals surface area (Å²) < 4.78 is 26.1. The van der Waals surface area contributed by atoms with Gasteiger partial charge in [0.15, 0.2) is 0 Å². The summed E-state index contributed by atoms with van der Waals surface area (Å²) in [5.41, 5.74) is 8.45. The summed E-state index contributed by atoms with van der Waals surface area (Å²) in [5.74, 6) is 0.500. The Morgan fingerprint density at radius 2 is 2.12 bits per heavy atom. The van der Waals surface area contributed by atoms with E-state index in [4.69, 9.17) is 18.0 Å². The van der Waals surface area contributed by atoms with E-state index in [9.17, 15) is 8.42 Å². The second-order valence-corrected chi connectivity index (χ2v) is 10.6. The summed E-state index contributed by atoms with van der Waals surface area (Å²) >= 11 is 5.44. The number of pyridine rings is 1. The Morgan fingerprint density at radius 3 is 2.76 bits per heavy atom. The van der Waals surface area contributed by atoms with Crippen molar-refractivity contribution in [3.8, 4) is 0 Å². The van der Waals surface area contributed by atoms with Crippen molar-refractivity contribution < 1.29 is 8.42 Å². The Bertz CT molecular complexity index is 742. The molecule has 0 saturated carbocycles. The van der Waals surface area contributed by atoms with Crippen molar-refractivity contribution in [3.05, 3.63) is 18.0 Å². The molecule has 2 atom stereocenters. The van der Waals surface area contributed by atoms with Crippen LogP contribution in [0.5, 0.6) is 0 Å². The average molecular weight is 385 g/mol. The van der Waals surface area contributed by atoms with Crippen LogP contribution in [0.4, 0.5) is 11.4 Å². The zero-order valence-corrected chi connectivity index (χ0v) is 16.9. The van der Waals surface area contributed by atoms with Crippen molar-refractivity contribution in [1.29, 1.82) is 0 Å². The lowest BCUT2D eigenvalue weighted by Crippen LogP contribution is -2.39. The predicted octanol–water partition coefficient (Wildman–Crippen LogP) is 3.02. The Balaban J connectivity index is 2.02. The number of nitrogens with zero attached hydrogens (tertiary/aromatic N) is 1. The van der Waals surface area contributed by atoms with E-state index in [-0.39, 0.29) is 5.92 Å². The third kappa shape index (κ3) is 4.68. The maximum atomic E-state index is 12.1. The van der Waals surface area contributed by atoms with Gasteiger partial charge in [0, 0.05) is 25.1 Å². The maximum Gasteiger partial charge on any atom is 0.216 e. The van der Waals surface area contributed by atoms with E-state index < -0.39 is 14.8 Å². The molecule has 0 fully saturated rings. The van der Waals surface area contributed by atoms with Crippen LogP contribution in [0.15, 0.2) is 12.3 Å². The Kier molecular flexibility index (Phi) is 6.06. The molecule has 1 aliphatic heterocycles. The number of hydrogen-bond acceptors (Lipinski definition) is 5. The van der Waals surface area contributed by atoms with Crippen LogP contribution in [0.3, 0.4) is 0 Å². The van der Waals surface area contributed by atoms with Crippen molar-refractivity contribution in [1.82, 2.24) is 9.71 Å². The van der Waals surface area contributed by atoms with Gasteiger partial charge in [-0.2, -0.15) is 0 Å². The molecule has 6 nitrogen and oxygen atoms in total. The molecular formula is C17H28N4O2S2. The molecule has 2 unspecified atom stereocenters. The Labute approximate surface area is 156 Å². The van der Waals surface area contributed by atoms with Crippen molar-refractivity contribution in [2.75, 3.05) is 17.6 Å². The van der Waals surface area contributed by atoms with E-state index >= 15 is 0 Å². The summed E-state index contributed by atoms with van der Waals surface area (Å²) in [6, 6.07) is 1.77. The molecule has 1 aromatic heterocycles. The van der Waals surface area contributed by atoms with Crippen LogP contribution in [0.2, 0.25) is 0 Å². The number of nitrogen functional groups attached to an aromatic ring is 1. The number of hydrogen-bond donors (Lipinski definition) is 3. The molecule has 1 aliphatic rings. The van der Waals surface area contributed by atoms with Gasteiger partial charge in [0.25, 0.3) is 0 Å². The van der Waals surface area contributed by atoms with Crippen molar-refractivity contribution in [3.63, 3.8) is 0 Å². The molecule has 140 valence electrons. The third-order valence-electron chi connectivity index (χ3n) is 4.71. The highest BCUT2D eigenvalue weighted by Gasteiger charge is 2.30. The van der Waals surface area contributed by atoms with Crippen LogP contribution in [0.1, 0.15) is 58.6 Å². The van der Waals surface area contributed by atoms with E-state index in [0.29, 0.717) is 18.2 Å². The average Bonchev–Trinajstić information content (AvgIpc) is 2.61. The van der Waals surface area contributed by atoms with Crippen LogP contribution >= 0.6 is 12.2 Å². The number of thiocarbonyl (C=S) groups is 1. The Morgan fingerprint density at radius 1 is 1.44 bits per heavy atom. The van der Waals surface area contributed by atoms with Gasteiger partial charge in [0.1, 0.15) is 0 Å². The number of sulfonamides is 1. The highest BCUT2D eigenvalue weighted by molar-refractivity contribution is 7.90. The van der Waals surface area contributed by atoms with Gasteiger partial charge in [-0.3, -0.25) is 4.98 Å². The molecule has 0 aromatic carbocycles. The standard InChI is InChI=1S/C17H28N4O2S2/c1-11-12(6-5-8-20-25(22,23)17(2,3)4)10-14(24)21-16-13(18)7-9-19-15(11)16/h7,9,11-12,20H,5-6,8,10H2,1-4H3,(H2,18,19)(H,21,24). The summed E-state index contributed by atoms with van der Waals surface area (Å²) in [6.45, 7) is 7.64. The first kappa shape index (κ1) is 20.1. The molecule has 0 saturated heterocycles. The molecule has 0 spiro atoms. The van der Waals surface area contributed by atoms with Crippen molar-refractivity contribution in [2.24, 2.45) is 5.92 Å². The molecule has 0 radical (unpaired) electrons. The number of nitrogens with one attached hydrogen (secondary N) is 2. The zero-order chi connectivity index (χ0) is 18.8. The van der Waals surface area contributed by atoms with Gasteiger partial charge in [-0.15, -0.1) is 0 Å². The highest BCUT2D eigenvalue weighted by atomic mass is 32.2. The molecule has 8 heteroatoms. The SMILES string of the molecule is CC1c2nccc(N)c2NC(=S)CC1CCCNS(=O)(=O)C(C)(C)C. The molecular weight excluding hydrogens is 356 g/mol. The van der Waals surface area contributed by atoms with Crippen LogP contribution in [-0.4, -0.2) is 29.7 Å². The van der Waals surface area contributed by atoms with Crippen LogP contribution in [-0.2, 0) is 10.0 Å². The minimum Gasteiger partial charge on any atom is -0.397 e. The van der Waals surface area contributed by atoms with Crippen molar-refractivity contribution >= 4 is 38.6 Å². The lowest BCUT2D eigenvalue weighted by molar-refractivity contribution is 0.414. The van der Waals surface area contributed by atoms with Gasteiger partial charge in [-0.05, 0) is 45.6 Å². The minimum atomic E-state index is -3.30. The van der Waals surface area contributed by atoms with Gasteiger partial charge in [-0.1, -0.05) is 19.1 Å². The summed E-state index contributed by atoms with van der Waals surface area (Å²) in [6.07, 6.45) is 4.09. The van der Waals surface area contributed by atoms with Crippen LogP contribution in [0.25, 0.3) is 0 Å². The lowest BCUT2D eigenvalue weighted by Gasteiger charge is -2.23. The molecule has 2 rings (SSSR count). The van der Waals surface area contributed by atoms with Gasteiger partial charge < -0.3 is 11.1 Å². The number of rotatable bonds is 5. The number of fused-ring (bicyclic) bond motifs is 1. The second-order valence-electron chi connectivity index (χ2n) is 7.61. The fraction of sp³-hybridized carbons (Fsp3) is 0.647. The monoisotopic (exact) mass is 384 g/mol. The molecule has 25 heavy (non-hydrogen) atoms. The molecule has 0 amide bonds. The zero-order valence-electron chi connectivity index (χ0n) is 15.3. The largest absolute Gasteiger partial charge is 0.397 e. The van der Waals surface area contributed by atoms with E-state index in [0.717, 1.165) is 35.6 Å². The fourth-order valence-corrected chi connectivity index (χ4v) is 4.11.